The van der Waals surface area contributed by atoms with Crippen LogP contribution in [0.5, 0.6) is 5.75 Å². The first-order chi connectivity index (χ1) is 10.1. The second-order valence-corrected chi connectivity index (χ2v) is 6.12. The molecule has 0 aliphatic carbocycles. The molecule has 2 aromatic carbocycles. The summed E-state index contributed by atoms with van der Waals surface area (Å²) >= 11 is 0. The van der Waals surface area contributed by atoms with Crippen LogP contribution in [-0.4, -0.2) is 6.61 Å². The fourth-order valence-corrected chi connectivity index (χ4v) is 2.85. The lowest BCUT2D eigenvalue weighted by Gasteiger charge is -2.20. The number of hydrogen-bond acceptors (Lipinski definition) is 2. The summed E-state index contributed by atoms with van der Waals surface area (Å²) in [7, 11) is 0. The minimum absolute atomic E-state index is 0.0709. The van der Waals surface area contributed by atoms with Crippen molar-refractivity contribution in [2.75, 3.05) is 6.61 Å². The van der Waals surface area contributed by atoms with E-state index in [9.17, 15) is 0 Å². The summed E-state index contributed by atoms with van der Waals surface area (Å²) in [4.78, 5) is 0. The third-order valence-electron chi connectivity index (χ3n) is 4.25. The maximum Gasteiger partial charge on any atom is 0.122 e. The molecule has 0 saturated heterocycles. The third kappa shape index (κ3) is 2.96. The number of hydrogen-bond donors (Lipinski definition) is 1. The maximum absolute atomic E-state index is 6.43. The molecule has 2 aromatic rings. The monoisotopic (exact) mass is 281 g/mol. The SMILES string of the molecule is CC(C)c1ccc(C(N)c2ccc3c(c2)CCCO3)cc1. The Morgan fingerprint density at radius 2 is 1.62 bits per heavy atom. The van der Waals surface area contributed by atoms with Crippen molar-refractivity contribution in [3.8, 4) is 5.75 Å². The standard InChI is InChI=1S/C19H23NO/c1-13(2)14-5-7-15(8-6-14)19(20)17-9-10-18-16(12-17)4-3-11-21-18/h5-10,12-13,19H,3-4,11,20H2,1-2H3. The molecule has 3 rings (SSSR count). The van der Waals surface area contributed by atoms with Crippen molar-refractivity contribution in [2.45, 2.75) is 38.6 Å². The topological polar surface area (TPSA) is 35.2 Å². The quantitative estimate of drug-likeness (QED) is 0.916. The molecule has 1 heterocycles. The zero-order valence-corrected chi connectivity index (χ0v) is 12.8. The molecule has 0 aromatic heterocycles. The first-order valence-electron chi connectivity index (χ1n) is 7.76. The van der Waals surface area contributed by atoms with E-state index in [4.69, 9.17) is 10.5 Å². The van der Waals surface area contributed by atoms with Crippen molar-refractivity contribution < 1.29 is 4.74 Å². The van der Waals surface area contributed by atoms with Crippen molar-refractivity contribution in [1.82, 2.24) is 0 Å². The third-order valence-corrected chi connectivity index (χ3v) is 4.25. The first-order valence-corrected chi connectivity index (χ1v) is 7.76. The highest BCUT2D eigenvalue weighted by Crippen LogP contribution is 2.29. The number of benzene rings is 2. The fraction of sp³-hybridized carbons (Fsp3) is 0.368. The Labute approximate surface area is 126 Å². The minimum Gasteiger partial charge on any atom is -0.493 e. The second kappa shape index (κ2) is 5.90. The number of nitrogens with two attached hydrogens (primary N) is 1. The Hall–Kier alpha value is -1.80. The van der Waals surface area contributed by atoms with E-state index in [1.807, 2.05) is 0 Å². The second-order valence-electron chi connectivity index (χ2n) is 6.12. The van der Waals surface area contributed by atoms with Crippen LogP contribution in [0.4, 0.5) is 0 Å². The molecular weight excluding hydrogens is 258 g/mol. The zero-order chi connectivity index (χ0) is 14.8. The van der Waals surface area contributed by atoms with Crippen LogP contribution in [0, 0.1) is 0 Å². The minimum atomic E-state index is -0.0709. The molecule has 0 saturated carbocycles. The molecule has 21 heavy (non-hydrogen) atoms. The van der Waals surface area contributed by atoms with Gasteiger partial charge in [-0.2, -0.15) is 0 Å². The van der Waals surface area contributed by atoms with Gasteiger partial charge in [-0.25, -0.2) is 0 Å². The van der Waals surface area contributed by atoms with Crippen LogP contribution in [0.15, 0.2) is 42.5 Å². The Morgan fingerprint density at radius 1 is 0.952 bits per heavy atom. The highest BCUT2D eigenvalue weighted by molar-refractivity contribution is 5.42. The van der Waals surface area contributed by atoms with Gasteiger partial charge in [-0.15, -0.1) is 0 Å². The zero-order valence-electron chi connectivity index (χ0n) is 12.8. The van der Waals surface area contributed by atoms with Crippen molar-refractivity contribution in [3.05, 3.63) is 64.7 Å². The Bertz CT molecular complexity index is 616. The number of ether oxygens (including phenoxy) is 1. The molecule has 110 valence electrons. The van der Waals surface area contributed by atoms with Crippen LogP contribution in [0.3, 0.4) is 0 Å². The van der Waals surface area contributed by atoms with Gasteiger partial charge in [0.1, 0.15) is 5.75 Å². The molecule has 2 N–H and O–H groups in total. The molecule has 1 aliphatic heterocycles. The highest BCUT2D eigenvalue weighted by atomic mass is 16.5. The van der Waals surface area contributed by atoms with Crippen molar-refractivity contribution in [3.63, 3.8) is 0 Å². The van der Waals surface area contributed by atoms with Gasteiger partial charge >= 0.3 is 0 Å². The molecule has 0 radical (unpaired) electrons. The van der Waals surface area contributed by atoms with E-state index in [1.54, 1.807) is 0 Å². The molecule has 0 bridgehead atoms. The summed E-state index contributed by atoms with van der Waals surface area (Å²) in [6.07, 6.45) is 2.18. The predicted molar refractivity (Wildman–Crippen MR) is 86.8 cm³/mol. The molecule has 1 aliphatic rings. The van der Waals surface area contributed by atoms with E-state index in [1.165, 1.54) is 11.1 Å². The molecule has 2 nitrogen and oxygen atoms in total. The molecule has 2 heteroatoms. The number of rotatable bonds is 3. The van der Waals surface area contributed by atoms with Crippen LogP contribution in [0.25, 0.3) is 0 Å². The van der Waals surface area contributed by atoms with Gasteiger partial charge in [-0.3, -0.25) is 0 Å². The Morgan fingerprint density at radius 3 is 2.33 bits per heavy atom. The molecule has 0 spiro atoms. The van der Waals surface area contributed by atoms with E-state index in [0.29, 0.717) is 5.92 Å². The van der Waals surface area contributed by atoms with Gasteiger partial charge < -0.3 is 10.5 Å². The summed E-state index contributed by atoms with van der Waals surface area (Å²) in [5, 5.41) is 0. The summed E-state index contributed by atoms with van der Waals surface area (Å²) in [6.45, 7) is 5.24. The summed E-state index contributed by atoms with van der Waals surface area (Å²) in [6, 6.07) is 14.9. The van der Waals surface area contributed by atoms with Crippen molar-refractivity contribution in [1.29, 1.82) is 0 Å². The van der Waals surface area contributed by atoms with Gasteiger partial charge in [0.25, 0.3) is 0 Å². The average Bonchev–Trinajstić information content (AvgIpc) is 2.54. The molecule has 0 fully saturated rings. The number of fused-ring (bicyclic) bond motifs is 1. The van der Waals surface area contributed by atoms with Gasteiger partial charge in [0.05, 0.1) is 12.6 Å². The van der Waals surface area contributed by atoms with E-state index < -0.39 is 0 Å². The fourth-order valence-electron chi connectivity index (χ4n) is 2.85. The maximum atomic E-state index is 6.43. The van der Waals surface area contributed by atoms with Crippen molar-refractivity contribution in [2.24, 2.45) is 5.73 Å². The van der Waals surface area contributed by atoms with Gasteiger partial charge in [-0.1, -0.05) is 50.2 Å². The van der Waals surface area contributed by atoms with Gasteiger partial charge in [0.2, 0.25) is 0 Å². The van der Waals surface area contributed by atoms with E-state index in [2.05, 4.69) is 56.3 Å². The van der Waals surface area contributed by atoms with Crippen LogP contribution in [0.2, 0.25) is 0 Å². The van der Waals surface area contributed by atoms with Gasteiger partial charge in [0.15, 0.2) is 0 Å². The lowest BCUT2D eigenvalue weighted by Crippen LogP contribution is -2.14. The Balaban J connectivity index is 1.85. The van der Waals surface area contributed by atoms with Crippen molar-refractivity contribution >= 4 is 0 Å². The summed E-state index contributed by atoms with van der Waals surface area (Å²) in [5.74, 6) is 1.57. The van der Waals surface area contributed by atoms with Gasteiger partial charge in [0, 0.05) is 0 Å². The Kier molecular flexibility index (Phi) is 3.98. The number of aryl methyl sites for hydroxylation is 1. The van der Waals surface area contributed by atoms with Crippen LogP contribution >= 0.6 is 0 Å². The van der Waals surface area contributed by atoms with Crippen LogP contribution < -0.4 is 10.5 Å². The summed E-state index contributed by atoms with van der Waals surface area (Å²) < 4.78 is 5.67. The van der Waals surface area contributed by atoms with E-state index in [-0.39, 0.29) is 6.04 Å². The smallest absolute Gasteiger partial charge is 0.122 e. The highest BCUT2D eigenvalue weighted by Gasteiger charge is 2.15. The van der Waals surface area contributed by atoms with Crippen LogP contribution in [-0.2, 0) is 6.42 Å². The van der Waals surface area contributed by atoms with Crippen LogP contribution in [0.1, 0.15) is 54.5 Å². The largest absolute Gasteiger partial charge is 0.493 e. The van der Waals surface area contributed by atoms with E-state index >= 15 is 0 Å². The molecule has 1 unspecified atom stereocenters. The van der Waals surface area contributed by atoms with Gasteiger partial charge in [-0.05, 0) is 47.1 Å². The average molecular weight is 281 g/mol. The first kappa shape index (κ1) is 14.2. The lowest BCUT2D eigenvalue weighted by molar-refractivity contribution is 0.288. The molecular formula is C19H23NO. The summed E-state index contributed by atoms with van der Waals surface area (Å²) in [5.41, 5.74) is 11.4. The van der Waals surface area contributed by atoms with E-state index in [0.717, 1.165) is 36.3 Å². The lowest BCUT2D eigenvalue weighted by atomic mass is 9.93. The predicted octanol–water partition coefficient (Wildman–Crippen LogP) is 4.18. The molecule has 0 amide bonds. The normalized spacial score (nSPS) is 15.4. The molecule has 1 atom stereocenters.